The van der Waals surface area contributed by atoms with Crippen molar-refractivity contribution in [1.29, 1.82) is 0 Å². The molecule has 0 atom stereocenters. The molecule has 0 aliphatic heterocycles. The number of halogens is 1. The predicted octanol–water partition coefficient (Wildman–Crippen LogP) is 5.10. The van der Waals surface area contributed by atoms with Crippen LogP contribution in [0.5, 0.6) is 0 Å². The summed E-state index contributed by atoms with van der Waals surface area (Å²) in [5, 5.41) is 0. The minimum absolute atomic E-state index is 0.101. The van der Waals surface area contributed by atoms with E-state index in [1.54, 1.807) is 6.92 Å². The second-order valence-electron chi connectivity index (χ2n) is 4.61. The lowest BCUT2D eigenvalue weighted by Gasteiger charge is -2.08. The van der Waals surface area contributed by atoms with Crippen LogP contribution in [-0.2, 0) is 9.53 Å². The summed E-state index contributed by atoms with van der Waals surface area (Å²) in [6, 6.07) is 0. The van der Waals surface area contributed by atoms with Crippen molar-refractivity contribution < 1.29 is 13.9 Å². The van der Waals surface area contributed by atoms with Crippen LogP contribution in [0.15, 0.2) is 24.1 Å². The molecule has 0 amide bonds. The lowest BCUT2D eigenvalue weighted by atomic mass is 10.0. The van der Waals surface area contributed by atoms with Crippen molar-refractivity contribution in [3.8, 4) is 0 Å². The van der Waals surface area contributed by atoms with Crippen molar-refractivity contribution in [3.63, 3.8) is 0 Å². The number of unbranched alkanes of at least 4 members (excludes halogenated alkanes) is 5. The van der Waals surface area contributed by atoms with Gasteiger partial charge in [-0.2, -0.15) is 0 Å². The van der Waals surface area contributed by atoms with Gasteiger partial charge in [0.25, 0.3) is 0 Å². The fraction of sp³-hybridized carbons (Fsp3) is 0.688. The standard InChI is InChI=1S/C16H27FO2/c1-4-7-8-9-10-11-13-14(15(17)12-5-2)16(18)19-6-3/h5H,2,4,6-13H2,1,3H3/b15-14+. The summed E-state index contributed by atoms with van der Waals surface area (Å²) < 4.78 is 18.7. The molecule has 0 aromatic heterocycles. The highest BCUT2D eigenvalue weighted by molar-refractivity contribution is 5.89. The van der Waals surface area contributed by atoms with Crippen LogP contribution in [0.3, 0.4) is 0 Å². The first-order valence-electron chi connectivity index (χ1n) is 7.32. The van der Waals surface area contributed by atoms with Crippen LogP contribution in [0.2, 0.25) is 0 Å². The van der Waals surface area contributed by atoms with E-state index >= 15 is 0 Å². The Kier molecular flexibility index (Phi) is 11.2. The molecule has 0 fully saturated rings. The molecule has 0 aromatic rings. The van der Waals surface area contributed by atoms with Gasteiger partial charge in [0.05, 0.1) is 12.2 Å². The monoisotopic (exact) mass is 270 g/mol. The van der Waals surface area contributed by atoms with Gasteiger partial charge >= 0.3 is 5.97 Å². The fourth-order valence-corrected chi connectivity index (χ4v) is 1.90. The lowest BCUT2D eigenvalue weighted by Crippen LogP contribution is -2.09. The number of carbonyl (C=O) groups is 1. The Morgan fingerprint density at radius 2 is 1.79 bits per heavy atom. The van der Waals surface area contributed by atoms with E-state index < -0.39 is 11.8 Å². The van der Waals surface area contributed by atoms with Gasteiger partial charge in [-0.15, -0.1) is 6.58 Å². The van der Waals surface area contributed by atoms with Gasteiger partial charge in [0, 0.05) is 6.42 Å². The predicted molar refractivity (Wildman–Crippen MR) is 77.6 cm³/mol. The quantitative estimate of drug-likeness (QED) is 0.226. The number of hydrogen-bond acceptors (Lipinski definition) is 2. The molecule has 2 nitrogen and oxygen atoms in total. The molecule has 0 unspecified atom stereocenters. The van der Waals surface area contributed by atoms with Crippen LogP contribution >= 0.6 is 0 Å². The summed E-state index contributed by atoms with van der Waals surface area (Å²) >= 11 is 0. The maximum Gasteiger partial charge on any atom is 0.336 e. The van der Waals surface area contributed by atoms with E-state index in [1.165, 1.54) is 25.3 Å². The Balaban J connectivity index is 4.24. The summed E-state index contributed by atoms with van der Waals surface area (Å²) in [5.74, 6) is -0.919. The average molecular weight is 270 g/mol. The molecular formula is C16H27FO2. The van der Waals surface area contributed by atoms with E-state index in [4.69, 9.17) is 4.74 Å². The van der Waals surface area contributed by atoms with Crippen LogP contribution in [0.4, 0.5) is 4.39 Å². The van der Waals surface area contributed by atoms with Gasteiger partial charge in [-0.05, 0) is 19.8 Å². The van der Waals surface area contributed by atoms with Crippen molar-refractivity contribution in [2.45, 2.75) is 65.2 Å². The second-order valence-corrected chi connectivity index (χ2v) is 4.61. The molecular weight excluding hydrogens is 243 g/mol. The molecule has 3 heteroatoms. The van der Waals surface area contributed by atoms with Crippen LogP contribution in [0, 0.1) is 0 Å². The van der Waals surface area contributed by atoms with Crippen molar-refractivity contribution in [3.05, 3.63) is 24.1 Å². The largest absolute Gasteiger partial charge is 0.463 e. The second kappa shape index (κ2) is 11.9. The summed E-state index contributed by atoms with van der Waals surface area (Å²) in [6.45, 7) is 7.67. The van der Waals surface area contributed by atoms with E-state index in [-0.39, 0.29) is 18.6 Å². The van der Waals surface area contributed by atoms with E-state index in [0.29, 0.717) is 6.42 Å². The molecule has 0 bridgehead atoms. The van der Waals surface area contributed by atoms with Crippen molar-refractivity contribution in [1.82, 2.24) is 0 Å². The first-order valence-corrected chi connectivity index (χ1v) is 7.32. The van der Waals surface area contributed by atoms with Crippen LogP contribution in [-0.4, -0.2) is 12.6 Å². The molecule has 0 saturated carbocycles. The Labute approximate surface area is 116 Å². The lowest BCUT2D eigenvalue weighted by molar-refractivity contribution is -0.138. The summed E-state index contributed by atoms with van der Waals surface area (Å²) in [6.07, 6.45) is 8.71. The Hall–Kier alpha value is -1.12. The number of esters is 1. The third kappa shape index (κ3) is 8.57. The van der Waals surface area contributed by atoms with Gasteiger partial charge in [0.2, 0.25) is 0 Å². The zero-order chi connectivity index (χ0) is 14.5. The maximum atomic E-state index is 13.8. The minimum atomic E-state index is -0.518. The highest BCUT2D eigenvalue weighted by atomic mass is 19.1. The zero-order valence-corrected chi connectivity index (χ0v) is 12.3. The number of carbonyl (C=O) groups excluding carboxylic acids is 1. The zero-order valence-electron chi connectivity index (χ0n) is 12.3. The van der Waals surface area contributed by atoms with E-state index in [9.17, 15) is 9.18 Å². The fourth-order valence-electron chi connectivity index (χ4n) is 1.90. The van der Waals surface area contributed by atoms with Crippen molar-refractivity contribution in [2.24, 2.45) is 0 Å². The Morgan fingerprint density at radius 3 is 2.37 bits per heavy atom. The van der Waals surface area contributed by atoms with Crippen LogP contribution in [0.25, 0.3) is 0 Å². The third-order valence-corrected chi connectivity index (χ3v) is 2.95. The Bertz CT molecular complexity index is 295. The van der Waals surface area contributed by atoms with Crippen LogP contribution < -0.4 is 0 Å². The van der Waals surface area contributed by atoms with Gasteiger partial charge in [0.15, 0.2) is 0 Å². The number of ether oxygens (including phenoxy) is 1. The van der Waals surface area contributed by atoms with Gasteiger partial charge < -0.3 is 4.74 Å². The molecule has 0 aliphatic rings. The van der Waals surface area contributed by atoms with E-state index in [0.717, 1.165) is 19.3 Å². The molecule has 110 valence electrons. The molecule has 0 aliphatic carbocycles. The molecule has 0 rings (SSSR count). The maximum absolute atomic E-state index is 13.8. The number of allylic oxidation sites excluding steroid dienone is 2. The first-order chi connectivity index (χ1) is 9.17. The molecule has 0 radical (unpaired) electrons. The molecule has 0 N–H and O–H groups in total. The molecule has 0 saturated heterocycles. The van der Waals surface area contributed by atoms with E-state index in [1.807, 2.05) is 0 Å². The number of rotatable bonds is 11. The van der Waals surface area contributed by atoms with Crippen molar-refractivity contribution in [2.75, 3.05) is 6.61 Å². The highest BCUT2D eigenvalue weighted by Gasteiger charge is 2.15. The molecule has 0 heterocycles. The molecule has 0 aromatic carbocycles. The van der Waals surface area contributed by atoms with Crippen molar-refractivity contribution >= 4 is 5.97 Å². The molecule has 0 spiro atoms. The average Bonchev–Trinajstić information content (AvgIpc) is 2.38. The minimum Gasteiger partial charge on any atom is -0.463 e. The van der Waals surface area contributed by atoms with Gasteiger partial charge in [-0.1, -0.05) is 45.1 Å². The first kappa shape index (κ1) is 17.9. The summed E-state index contributed by atoms with van der Waals surface area (Å²) in [4.78, 5) is 11.7. The van der Waals surface area contributed by atoms with Gasteiger partial charge in [-0.3, -0.25) is 0 Å². The Morgan fingerprint density at radius 1 is 1.16 bits per heavy atom. The van der Waals surface area contributed by atoms with Gasteiger partial charge in [-0.25, -0.2) is 9.18 Å². The normalized spacial score (nSPS) is 11.9. The summed E-state index contributed by atoms with van der Waals surface area (Å²) in [7, 11) is 0. The van der Waals surface area contributed by atoms with E-state index in [2.05, 4.69) is 13.5 Å². The smallest absolute Gasteiger partial charge is 0.336 e. The van der Waals surface area contributed by atoms with Gasteiger partial charge in [0.1, 0.15) is 5.83 Å². The SMILES string of the molecule is C=CC/C(F)=C(/CCCCCCCC)C(=O)OCC. The molecule has 19 heavy (non-hydrogen) atoms. The highest BCUT2D eigenvalue weighted by Crippen LogP contribution is 2.20. The number of hydrogen-bond donors (Lipinski definition) is 0. The van der Waals surface area contributed by atoms with Crippen LogP contribution in [0.1, 0.15) is 65.2 Å². The summed E-state index contributed by atoms with van der Waals surface area (Å²) in [5.41, 5.74) is 0.192. The third-order valence-electron chi connectivity index (χ3n) is 2.95. The topological polar surface area (TPSA) is 26.3 Å².